The number of benzene rings is 1. The zero-order chi connectivity index (χ0) is 17.0. The topological polar surface area (TPSA) is 21.1 Å². The number of fused-ring (bicyclic) bond motifs is 3. The molecule has 25 heavy (non-hydrogen) atoms. The van der Waals surface area contributed by atoms with E-state index >= 15 is 0 Å². The molecule has 128 valence electrons. The van der Waals surface area contributed by atoms with Gasteiger partial charge in [0.05, 0.1) is 6.20 Å². The third-order valence-electron chi connectivity index (χ3n) is 5.63. The van der Waals surface area contributed by atoms with Crippen LogP contribution in [0.15, 0.2) is 36.7 Å². The van der Waals surface area contributed by atoms with Crippen molar-refractivity contribution in [3.05, 3.63) is 65.1 Å². The summed E-state index contributed by atoms with van der Waals surface area (Å²) in [6.45, 7) is 3.63. The van der Waals surface area contributed by atoms with Crippen LogP contribution in [0.5, 0.6) is 0 Å². The lowest BCUT2D eigenvalue weighted by Gasteiger charge is -2.27. The number of hydrogen-bond donors (Lipinski definition) is 0. The lowest BCUT2D eigenvalue weighted by atomic mass is 9.94. The molecule has 0 spiro atoms. The minimum absolute atomic E-state index is 0.202. The highest BCUT2D eigenvalue weighted by molar-refractivity contribution is 5.86. The molecular weight excluding hydrogens is 320 g/mol. The summed E-state index contributed by atoms with van der Waals surface area (Å²) in [5.41, 5.74) is 4.43. The van der Waals surface area contributed by atoms with Gasteiger partial charge in [-0.3, -0.25) is 9.88 Å². The van der Waals surface area contributed by atoms with Gasteiger partial charge in [0, 0.05) is 41.8 Å². The molecule has 0 saturated carbocycles. The molecule has 0 unspecified atom stereocenters. The van der Waals surface area contributed by atoms with Gasteiger partial charge >= 0.3 is 0 Å². The smallest absolute Gasteiger partial charge is 0.141 e. The predicted molar refractivity (Wildman–Crippen MR) is 92.4 cm³/mol. The average Bonchev–Trinajstić information content (AvgIpc) is 2.76. The summed E-state index contributed by atoms with van der Waals surface area (Å²) < 4.78 is 29.8. The van der Waals surface area contributed by atoms with Gasteiger partial charge in [-0.05, 0) is 61.3 Å². The fourth-order valence-corrected chi connectivity index (χ4v) is 4.53. The van der Waals surface area contributed by atoms with Crippen molar-refractivity contribution in [2.24, 2.45) is 0 Å². The normalized spacial score (nSPS) is 22.2. The van der Waals surface area contributed by atoms with Crippen molar-refractivity contribution < 1.29 is 8.78 Å². The molecule has 0 N–H and O–H groups in total. The van der Waals surface area contributed by atoms with E-state index in [1.54, 1.807) is 12.3 Å². The molecule has 3 nitrogen and oxygen atoms in total. The average molecular weight is 339 g/mol. The van der Waals surface area contributed by atoms with E-state index in [2.05, 4.69) is 14.5 Å². The molecule has 0 radical (unpaired) electrons. The second-order valence-electron chi connectivity index (χ2n) is 7.17. The Bertz CT molecular complexity index is 955. The summed E-state index contributed by atoms with van der Waals surface area (Å²) in [5, 5.41) is 0.998. The Kier molecular flexibility index (Phi) is 3.38. The number of hydrogen-bond acceptors (Lipinski definition) is 2. The van der Waals surface area contributed by atoms with E-state index in [0.29, 0.717) is 12.5 Å². The molecule has 6 rings (SSSR count). The van der Waals surface area contributed by atoms with Crippen LogP contribution in [0.1, 0.15) is 35.6 Å². The standard InChI is InChI=1S/C20H19F2N3/c21-15-1-2-19-17(8-15)18-12-24-5-3-14(4-6-24)20(18)25(19)11-13-7-16(22)10-23-9-13/h1-2,7-10,14H,3-6,11-12H2. The van der Waals surface area contributed by atoms with Crippen molar-refractivity contribution in [2.75, 3.05) is 13.1 Å². The third kappa shape index (κ3) is 2.45. The largest absolute Gasteiger partial charge is 0.339 e. The van der Waals surface area contributed by atoms with E-state index in [4.69, 9.17) is 0 Å². The van der Waals surface area contributed by atoms with Crippen molar-refractivity contribution in [1.82, 2.24) is 14.5 Å². The first kappa shape index (κ1) is 15.0. The number of nitrogens with zero attached hydrogens (tertiary/aromatic N) is 3. The summed E-state index contributed by atoms with van der Waals surface area (Å²) in [7, 11) is 0. The second-order valence-corrected chi connectivity index (χ2v) is 7.17. The Morgan fingerprint density at radius 2 is 1.88 bits per heavy atom. The van der Waals surface area contributed by atoms with Crippen molar-refractivity contribution in [3.8, 4) is 0 Å². The lowest BCUT2D eigenvalue weighted by Crippen LogP contribution is -2.29. The molecule has 0 atom stereocenters. The lowest BCUT2D eigenvalue weighted by molar-refractivity contribution is 0.219. The van der Waals surface area contributed by atoms with Crippen LogP contribution in [0.2, 0.25) is 0 Å². The van der Waals surface area contributed by atoms with Crippen LogP contribution in [0.4, 0.5) is 8.78 Å². The van der Waals surface area contributed by atoms with Gasteiger partial charge in [0.2, 0.25) is 0 Å². The van der Waals surface area contributed by atoms with Crippen LogP contribution in [0.3, 0.4) is 0 Å². The number of rotatable bonds is 2. The van der Waals surface area contributed by atoms with E-state index in [1.807, 2.05) is 6.07 Å². The fourth-order valence-electron chi connectivity index (χ4n) is 4.53. The monoisotopic (exact) mass is 339 g/mol. The summed E-state index contributed by atoms with van der Waals surface area (Å²) in [4.78, 5) is 6.44. The summed E-state index contributed by atoms with van der Waals surface area (Å²) >= 11 is 0. The third-order valence-corrected chi connectivity index (χ3v) is 5.63. The fraction of sp³-hybridized carbons (Fsp3) is 0.350. The van der Waals surface area contributed by atoms with Crippen LogP contribution in [-0.2, 0) is 13.1 Å². The van der Waals surface area contributed by atoms with Gasteiger partial charge in [0.15, 0.2) is 0 Å². The zero-order valence-corrected chi connectivity index (χ0v) is 13.9. The van der Waals surface area contributed by atoms with Crippen LogP contribution < -0.4 is 0 Å². The van der Waals surface area contributed by atoms with Crippen molar-refractivity contribution in [2.45, 2.75) is 31.8 Å². The van der Waals surface area contributed by atoms with E-state index in [-0.39, 0.29) is 11.6 Å². The van der Waals surface area contributed by atoms with Gasteiger partial charge < -0.3 is 4.57 Å². The first-order chi connectivity index (χ1) is 12.2. The number of aromatic nitrogens is 2. The van der Waals surface area contributed by atoms with Crippen LogP contribution >= 0.6 is 0 Å². The Labute approximate surface area is 144 Å². The maximum absolute atomic E-state index is 13.9. The number of halogens is 2. The molecule has 0 amide bonds. The maximum Gasteiger partial charge on any atom is 0.141 e. The SMILES string of the molecule is Fc1cncc(Cn2c3c(c4cc(F)ccc42)CN2CCC3CC2)c1. The molecule has 5 heteroatoms. The molecule has 1 aromatic carbocycles. The number of piperidine rings is 1. The number of pyridine rings is 1. The van der Waals surface area contributed by atoms with E-state index in [1.165, 1.54) is 29.6 Å². The summed E-state index contributed by atoms with van der Waals surface area (Å²) in [6, 6.07) is 6.56. The first-order valence-corrected chi connectivity index (χ1v) is 8.81. The highest BCUT2D eigenvalue weighted by atomic mass is 19.1. The first-order valence-electron chi connectivity index (χ1n) is 8.81. The second kappa shape index (κ2) is 5.63. The van der Waals surface area contributed by atoms with Gasteiger partial charge in [-0.1, -0.05) is 0 Å². The van der Waals surface area contributed by atoms with Gasteiger partial charge in [-0.2, -0.15) is 0 Å². The Morgan fingerprint density at radius 1 is 1.04 bits per heavy atom. The zero-order valence-electron chi connectivity index (χ0n) is 13.9. The van der Waals surface area contributed by atoms with Crippen LogP contribution in [-0.4, -0.2) is 27.5 Å². The van der Waals surface area contributed by atoms with Gasteiger partial charge in [-0.25, -0.2) is 8.78 Å². The Hall–Kier alpha value is -2.27. The maximum atomic E-state index is 13.9. The molecule has 1 fully saturated rings. The highest BCUT2D eigenvalue weighted by Gasteiger charge is 2.32. The molecule has 5 heterocycles. The van der Waals surface area contributed by atoms with Crippen molar-refractivity contribution in [3.63, 3.8) is 0 Å². The molecule has 3 aliphatic rings. The molecule has 3 aromatic rings. The Balaban J connectivity index is 1.73. The Morgan fingerprint density at radius 3 is 2.68 bits per heavy atom. The minimum atomic E-state index is -0.321. The quantitative estimate of drug-likeness (QED) is 0.702. The van der Waals surface area contributed by atoms with E-state index in [9.17, 15) is 8.78 Å². The highest BCUT2D eigenvalue weighted by Crippen LogP contribution is 2.41. The summed E-state index contributed by atoms with van der Waals surface area (Å²) in [6.07, 6.45) is 5.20. The van der Waals surface area contributed by atoms with Gasteiger partial charge in [0.25, 0.3) is 0 Å². The van der Waals surface area contributed by atoms with Crippen molar-refractivity contribution in [1.29, 1.82) is 0 Å². The van der Waals surface area contributed by atoms with E-state index in [0.717, 1.165) is 48.9 Å². The molecule has 1 saturated heterocycles. The van der Waals surface area contributed by atoms with Gasteiger partial charge in [-0.15, -0.1) is 0 Å². The molecule has 3 aliphatic heterocycles. The molecule has 2 bridgehead atoms. The summed E-state index contributed by atoms with van der Waals surface area (Å²) in [5.74, 6) is -0.0321. The van der Waals surface area contributed by atoms with Crippen LogP contribution in [0.25, 0.3) is 10.9 Å². The van der Waals surface area contributed by atoms with Crippen molar-refractivity contribution >= 4 is 10.9 Å². The predicted octanol–water partition coefficient (Wildman–Crippen LogP) is 4.06. The molecular formula is C20H19F2N3. The van der Waals surface area contributed by atoms with Gasteiger partial charge in [0.1, 0.15) is 11.6 Å². The van der Waals surface area contributed by atoms with E-state index < -0.39 is 0 Å². The van der Waals surface area contributed by atoms with Crippen LogP contribution in [0, 0.1) is 11.6 Å². The molecule has 0 aliphatic carbocycles. The minimum Gasteiger partial charge on any atom is -0.339 e. The molecule has 2 aromatic heterocycles.